The molecule has 1 aliphatic heterocycles. The molecular weight excluding hydrogens is 368 g/mol. The highest BCUT2D eigenvalue weighted by Gasteiger charge is 2.31. The zero-order valence-corrected chi connectivity index (χ0v) is 14.7. The Balaban J connectivity index is 2.26. The van der Waals surface area contributed by atoms with Crippen LogP contribution in [0.3, 0.4) is 0 Å². The molecule has 0 fully saturated rings. The Morgan fingerprint density at radius 1 is 1.32 bits per heavy atom. The summed E-state index contributed by atoms with van der Waals surface area (Å²) in [5.41, 5.74) is 1.52. The van der Waals surface area contributed by atoms with Crippen molar-refractivity contribution in [3.8, 4) is 11.5 Å². The van der Waals surface area contributed by atoms with Gasteiger partial charge in [-0.05, 0) is 48.0 Å². The van der Waals surface area contributed by atoms with Crippen LogP contribution in [0.15, 0.2) is 39.9 Å². The number of aromatic nitrogens is 1. The molecule has 4 nitrogen and oxygen atoms in total. The van der Waals surface area contributed by atoms with Gasteiger partial charge in [0.25, 0.3) is 0 Å². The number of nitrogens with zero attached hydrogens (tertiary/aromatic N) is 2. The molecular formula is C16H14BrClN2O2. The van der Waals surface area contributed by atoms with Gasteiger partial charge in [0.05, 0.1) is 12.1 Å². The van der Waals surface area contributed by atoms with Crippen molar-refractivity contribution in [3.63, 3.8) is 0 Å². The standard InChI is InChI=1S/C16H14BrClN2O2/c1-16(2)20-14(15-12(21-3)5-4-6-19-15)9-7-10(17)11(18)8-13(9)22-16/h4-8H,1-3H3. The Kier molecular flexibility index (Phi) is 3.87. The lowest BCUT2D eigenvalue weighted by Crippen LogP contribution is -2.32. The predicted molar refractivity (Wildman–Crippen MR) is 90.3 cm³/mol. The van der Waals surface area contributed by atoms with Crippen molar-refractivity contribution in [2.45, 2.75) is 19.6 Å². The SMILES string of the molecule is COc1cccnc1C1=NC(C)(C)Oc2cc(Cl)c(Br)cc21. The summed E-state index contributed by atoms with van der Waals surface area (Å²) >= 11 is 9.63. The molecule has 114 valence electrons. The van der Waals surface area contributed by atoms with E-state index in [2.05, 4.69) is 20.9 Å². The van der Waals surface area contributed by atoms with E-state index < -0.39 is 5.72 Å². The Hall–Kier alpha value is -1.59. The van der Waals surface area contributed by atoms with Gasteiger partial charge in [0.15, 0.2) is 5.72 Å². The maximum absolute atomic E-state index is 6.18. The van der Waals surface area contributed by atoms with Crippen LogP contribution in [0.1, 0.15) is 25.1 Å². The van der Waals surface area contributed by atoms with Crippen molar-refractivity contribution in [1.29, 1.82) is 0 Å². The highest BCUT2D eigenvalue weighted by atomic mass is 79.9. The van der Waals surface area contributed by atoms with Crippen molar-refractivity contribution in [2.24, 2.45) is 4.99 Å². The zero-order valence-electron chi connectivity index (χ0n) is 12.4. The number of benzene rings is 1. The van der Waals surface area contributed by atoms with Crippen LogP contribution in [-0.2, 0) is 0 Å². The van der Waals surface area contributed by atoms with Gasteiger partial charge in [-0.1, -0.05) is 11.6 Å². The summed E-state index contributed by atoms with van der Waals surface area (Å²) in [6.45, 7) is 3.78. The van der Waals surface area contributed by atoms with Gasteiger partial charge in [-0.2, -0.15) is 0 Å². The van der Waals surface area contributed by atoms with Gasteiger partial charge in [-0.3, -0.25) is 4.98 Å². The molecule has 1 aromatic heterocycles. The van der Waals surface area contributed by atoms with Crippen LogP contribution in [0, 0.1) is 0 Å². The highest BCUT2D eigenvalue weighted by molar-refractivity contribution is 9.10. The predicted octanol–water partition coefficient (Wildman–Crippen LogP) is 4.47. The largest absolute Gasteiger partial charge is 0.494 e. The molecule has 0 amide bonds. The molecule has 2 heterocycles. The van der Waals surface area contributed by atoms with E-state index in [1.807, 2.05) is 32.0 Å². The molecule has 3 rings (SSSR count). The summed E-state index contributed by atoms with van der Waals surface area (Å²) in [6, 6.07) is 7.36. The van der Waals surface area contributed by atoms with Crippen LogP contribution >= 0.6 is 27.5 Å². The summed E-state index contributed by atoms with van der Waals surface area (Å²) in [4.78, 5) is 9.12. The maximum Gasteiger partial charge on any atom is 0.195 e. The van der Waals surface area contributed by atoms with Gasteiger partial charge in [0, 0.05) is 22.3 Å². The molecule has 1 aromatic carbocycles. The molecule has 0 saturated heterocycles. The summed E-state index contributed by atoms with van der Waals surface area (Å²) in [5.74, 6) is 1.34. The smallest absolute Gasteiger partial charge is 0.195 e. The first kappa shape index (κ1) is 15.3. The van der Waals surface area contributed by atoms with Crippen molar-refractivity contribution in [1.82, 2.24) is 4.98 Å². The molecule has 1 aliphatic rings. The monoisotopic (exact) mass is 380 g/mol. The first-order valence-electron chi connectivity index (χ1n) is 6.69. The first-order chi connectivity index (χ1) is 10.4. The van der Waals surface area contributed by atoms with E-state index in [0.29, 0.717) is 22.2 Å². The molecule has 2 aromatic rings. The minimum absolute atomic E-state index is 0.587. The van der Waals surface area contributed by atoms with E-state index in [-0.39, 0.29) is 0 Å². The third-order valence-electron chi connectivity index (χ3n) is 3.23. The summed E-state index contributed by atoms with van der Waals surface area (Å²) in [7, 11) is 1.62. The Bertz CT molecular complexity index is 775. The number of aliphatic imine (C=N–C) groups is 1. The number of fused-ring (bicyclic) bond motifs is 1. The first-order valence-corrected chi connectivity index (χ1v) is 7.86. The number of hydrogen-bond acceptors (Lipinski definition) is 4. The van der Waals surface area contributed by atoms with Crippen LogP contribution in [-0.4, -0.2) is 23.5 Å². The summed E-state index contributed by atoms with van der Waals surface area (Å²) in [5, 5.41) is 0.587. The number of rotatable bonds is 2. The van der Waals surface area contributed by atoms with Crippen LogP contribution < -0.4 is 9.47 Å². The average Bonchev–Trinajstić information content (AvgIpc) is 2.47. The fraction of sp³-hybridized carbons (Fsp3) is 0.250. The molecule has 0 N–H and O–H groups in total. The number of ether oxygens (including phenoxy) is 2. The number of methoxy groups -OCH3 is 1. The molecule has 0 aliphatic carbocycles. The molecule has 0 bridgehead atoms. The quantitative estimate of drug-likeness (QED) is 0.771. The Morgan fingerprint density at radius 2 is 2.09 bits per heavy atom. The van der Waals surface area contributed by atoms with E-state index >= 15 is 0 Å². The second-order valence-electron chi connectivity index (χ2n) is 5.33. The summed E-state index contributed by atoms with van der Waals surface area (Å²) < 4.78 is 12.1. The van der Waals surface area contributed by atoms with Crippen LogP contribution in [0.5, 0.6) is 11.5 Å². The molecule has 0 atom stereocenters. The van der Waals surface area contributed by atoms with Gasteiger partial charge >= 0.3 is 0 Å². The maximum atomic E-state index is 6.18. The van der Waals surface area contributed by atoms with Gasteiger partial charge in [-0.15, -0.1) is 0 Å². The van der Waals surface area contributed by atoms with E-state index in [0.717, 1.165) is 15.7 Å². The molecule has 22 heavy (non-hydrogen) atoms. The molecule has 0 spiro atoms. The lowest BCUT2D eigenvalue weighted by molar-refractivity contribution is 0.115. The molecule has 0 radical (unpaired) electrons. The molecule has 6 heteroatoms. The molecule has 0 unspecified atom stereocenters. The van der Waals surface area contributed by atoms with Gasteiger partial charge in [-0.25, -0.2) is 4.99 Å². The third-order valence-corrected chi connectivity index (χ3v) is 4.43. The van der Waals surface area contributed by atoms with E-state index in [1.54, 1.807) is 19.4 Å². The topological polar surface area (TPSA) is 43.7 Å². The Labute approximate surface area is 142 Å². The van der Waals surface area contributed by atoms with Crippen molar-refractivity contribution < 1.29 is 9.47 Å². The normalized spacial score (nSPS) is 15.6. The lowest BCUT2D eigenvalue weighted by Gasteiger charge is -2.30. The van der Waals surface area contributed by atoms with Gasteiger partial charge in [0.2, 0.25) is 0 Å². The minimum atomic E-state index is -0.706. The zero-order chi connectivity index (χ0) is 15.9. The van der Waals surface area contributed by atoms with Crippen LogP contribution in [0.4, 0.5) is 0 Å². The number of hydrogen-bond donors (Lipinski definition) is 0. The summed E-state index contributed by atoms with van der Waals surface area (Å²) in [6.07, 6.45) is 1.72. The van der Waals surface area contributed by atoms with Crippen molar-refractivity contribution >= 4 is 33.2 Å². The fourth-order valence-corrected chi connectivity index (χ4v) is 2.83. The van der Waals surface area contributed by atoms with E-state index in [9.17, 15) is 0 Å². The number of halogens is 2. The Morgan fingerprint density at radius 3 is 2.82 bits per heavy atom. The average molecular weight is 382 g/mol. The number of pyridine rings is 1. The van der Waals surface area contributed by atoms with Crippen molar-refractivity contribution in [3.05, 3.63) is 51.2 Å². The minimum Gasteiger partial charge on any atom is -0.494 e. The highest BCUT2D eigenvalue weighted by Crippen LogP contribution is 2.38. The van der Waals surface area contributed by atoms with Crippen LogP contribution in [0.25, 0.3) is 0 Å². The van der Waals surface area contributed by atoms with E-state index in [4.69, 9.17) is 26.1 Å². The fourth-order valence-electron chi connectivity index (χ4n) is 2.33. The van der Waals surface area contributed by atoms with Gasteiger partial charge < -0.3 is 9.47 Å². The van der Waals surface area contributed by atoms with Crippen LogP contribution in [0.2, 0.25) is 5.02 Å². The molecule has 0 saturated carbocycles. The van der Waals surface area contributed by atoms with Crippen molar-refractivity contribution in [2.75, 3.05) is 7.11 Å². The second kappa shape index (κ2) is 5.56. The third kappa shape index (κ3) is 2.71. The van der Waals surface area contributed by atoms with E-state index in [1.165, 1.54) is 0 Å². The lowest BCUT2D eigenvalue weighted by atomic mass is 10.0. The second-order valence-corrected chi connectivity index (χ2v) is 6.59. The van der Waals surface area contributed by atoms with Gasteiger partial charge in [0.1, 0.15) is 22.9 Å².